The van der Waals surface area contributed by atoms with Crippen molar-refractivity contribution in [2.75, 3.05) is 0 Å². The summed E-state index contributed by atoms with van der Waals surface area (Å²) in [6.45, 7) is 2.85. The third kappa shape index (κ3) is 3.39. The fourth-order valence-electron chi connectivity index (χ4n) is 2.95. The maximum Gasteiger partial charge on any atom is 0.330 e. The molecule has 0 saturated heterocycles. The van der Waals surface area contributed by atoms with Gasteiger partial charge in [-0.1, -0.05) is 19.8 Å². The van der Waals surface area contributed by atoms with Gasteiger partial charge in [-0.2, -0.15) is 0 Å². The van der Waals surface area contributed by atoms with Crippen LogP contribution in [0.25, 0.3) is 0 Å². The van der Waals surface area contributed by atoms with Crippen molar-refractivity contribution in [1.82, 2.24) is 14.5 Å². The van der Waals surface area contributed by atoms with Gasteiger partial charge in [0.05, 0.1) is 0 Å². The van der Waals surface area contributed by atoms with Crippen LogP contribution in [-0.4, -0.2) is 15.2 Å². The lowest BCUT2D eigenvalue weighted by Crippen LogP contribution is -2.40. The van der Waals surface area contributed by atoms with Crippen LogP contribution in [-0.2, 0) is 20.6 Å². The minimum absolute atomic E-state index is 0.192. The minimum atomic E-state index is -0.276. The number of rotatable bonds is 3. The second-order valence-electron chi connectivity index (χ2n) is 6.10. The SMILES string of the molecule is CC1CCCC(NCc2cn(C)c(=O)n(C)c2=O)CC1. The quantitative estimate of drug-likeness (QED) is 0.844. The smallest absolute Gasteiger partial charge is 0.310 e. The van der Waals surface area contributed by atoms with E-state index in [-0.39, 0.29) is 11.2 Å². The standard InChI is InChI=1S/C15H25N3O2/c1-11-5-4-6-13(8-7-11)16-9-12-10-17(2)15(20)18(3)14(12)19/h10-11,13,16H,4-9H2,1-3H3. The van der Waals surface area contributed by atoms with Crippen molar-refractivity contribution >= 4 is 0 Å². The molecule has 1 aliphatic carbocycles. The molecule has 1 aromatic rings. The van der Waals surface area contributed by atoms with Crippen molar-refractivity contribution in [2.24, 2.45) is 20.0 Å². The second-order valence-corrected chi connectivity index (χ2v) is 6.10. The average molecular weight is 279 g/mol. The lowest BCUT2D eigenvalue weighted by atomic mass is 10.0. The van der Waals surface area contributed by atoms with E-state index < -0.39 is 0 Å². The van der Waals surface area contributed by atoms with Crippen LogP contribution in [0.5, 0.6) is 0 Å². The molecule has 0 aromatic carbocycles. The predicted molar refractivity (Wildman–Crippen MR) is 79.8 cm³/mol. The van der Waals surface area contributed by atoms with E-state index >= 15 is 0 Å². The van der Waals surface area contributed by atoms with Crippen LogP contribution in [0.3, 0.4) is 0 Å². The van der Waals surface area contributed by atoms with Gasteiger partial charge in [-0.25, -0.2) is 4.79 Å². The van der Waals surface area contributed by atoms with E-state index in [1.54, 1.807) is 13.2 Å². The van der Waals surface area contributed by atoms with Crippen molar-refractivity contribution in [3.8, 4) is 0 Å². The first kappa shape index (κ1) is 15.0. The van der Waals surface area contributed by atoms with E-state index in [4.69, 9.17) is 0 Å². The van der Waals surface area contributed by atoms with Gasteiger partial charge in [0.25, 0.3) is 5.56 Å². The summed E-state index contributed by atoms with van der Waals surface area (Å²) in [7, 11) is 3.21. The maximum absolute atomic E-state index is 12.0. The Morgan fingerprint density at radius 2 is 1.95 bits per heavy atom. The molecule has 1 fully saturated rings. The molecule has 0 spiro atoms. The highest BCUT2D eigenvalue weighted by Crippen LogP contribution is 2.22. The summed E-state index contributed by atoms with van der Waals surface area (Å²) < 4.78 is 2.64. The summed E-state index contributed by atoms with van der Waals surface area (Å²) in [6, 6.07) is 0.488. The molecule has 0 bridgehead atoms. The van der Waals surface area contributed by atoms with E-state index in [0.29, 0.717) is 18.2 Å². The number of hydrogen-bond acceptors (Lipinski definition) is 3. The third-order valence-electron chi connectivity index (χ3n) is 4.36. The van der Waals surface area contributed by atoms with Gasteiger partial charge in [0.2, 0.25) is 0 Å². The molecule has 20 heavy (non-hydrogen) atoms. The Hall–Kier alpha value is -1.36. The lowest BCUT2D eigenvalue weighted by Gasteiger charge is -2.16. The Bertz CT molecular complexity index is 573. The molecule has 2 atom stereocenters. The van der Waals surface area contributed by atoms with Crippen molar-refractivity contribution in [2.45, 2.75) is 51.6 Å². The van der Waals surface area contributed by atoms with E-state index in [2.05, 4.69) is 12.2 Å². The largest absolute Gasteiger partial charge is 0.330 e. The molecule has 1 aromatic heterocycles. The van der Waals surface area contributed by atoms with Crippen LogP contribution in [0.4, 0.5) is 0 Å². The van der Waals surface area contributed by atoms with Crippen LogP contribution in [0, 0.1) is 5.92 Å². The highest BCUT2D eigenvalue weighted by atomic mass is 16.2. The monoisotopic (exact) mass is 279 g/mol. The summed E-state index contributed by atoms with van der Waals surface area (Å²) in [4.78, 5) is 23.7. The number of nitrogens with one attached hydrogen (secondary N) is 1. The molecule has 112 valence electrons. The van der Waals surface area contributed by atoms with Gasteiger partial charge in [-0.05, 0) is 25.2 Å². The first-order valence-corrected chi connectivity index (χ1v) is 7.48. The molecule has 1 heterocycles. The van der Waals surface area contributed by atoms with Crippen molar-refractivity contribution < 1.29 is 0 Å². The van der Waals surface area contributed by atoms with Gasteiger partial charge in [0, 0.05) is 38.4 Å². The van der Waals surface area contributed by atoms with Crippen molar-refractivity contribution in [3.63, 3.8) is 0 Å². The molecule has 1 aliphatic rings. The summed E-state index contributed by atoms with van der Waals surface area (Å²) >= 11 is 0. The molecule has 2 unspecified atom stereocenters. The fourth-order valence-corrected chi connectivity index (χ4v) is 2.95. The zero-order chi connectivity index (χ0) is 14.7. The lowest BCUT2D eigenvalue weighted by molar-refractivity contribution is 0.444. The number of hydrogen-bond donors (Lipinski definition) is 1. The van der Waals surface area contributed by atoms with Crippen LogP contribution in [0.1, 0.15) is 44.6 Å². The summed E-state index contributed by atoms with van der Waals surface area (Å²) in [6.07, 6.45) is 7.81. The molecule has 1 N–H and O–H groups in total. The summed E-state index contributed by atoms with van der Waals surface area (Å²) in [5, 5.41) is 3.48. The molecule has 1 saturated carbocycles. The van der Waals surface area contributed by atoms with Gasteiger partial charge < -0.3 is 9.88 Å². The Morgan fingerprint density at radius 3 is 2.70 bits per heavy atom. The van der Waals surface area contributed by atoms with E-state index in [1.165, 1.54) is 48.3 Å². The van der Waals surface area contributed by atoms with Crippen LogP contribution >= 0.6 is 0 Å². The van der Waals surface area contributed by atoms with Gasteiger partial charge in [-0.15, -0.1) is 0 Å². The molecule has 5 nitrogen and oxygen atoms in total. The van der Waals surface area contributed by atoms with Crippen molar-refractivity contribution in [1.29, 1.82) is 0 Å². The molecule has 0 aliphatic heterocycles. The average Bonchev–Trinajstić information content (AvgIpc) is 2.64. The molecule has 5 heteroatoms. The van der Waals surface area contributed by atoms with Gasteiger partial charge in [0.1, 0.15) is 0 Å². The fraction of sp³-hybridized carbons (Fsp3) is 0.733. The summed E-state index contributed by atoms with van der Waals surface area (Å²) in [5.74, 6) is 0.812. The van der Waals surface area contributed by atoms with Gasteiger partial charge >= 0.3 is 5.69 Å². The van der Waals surface area contributed by atoms with Crippen LogP contribution < -0.4 is 16.6 Å². The minimum Gasteiger partial charge on any atom is -0.310 e. The third-order valence-corrected chi connectivity index (χ3v) is 4.36. The highest BCUT2D eigenvalue weighted by molar-refractivity contribution is 5.05. The molecule has 2 rings (SSSR count). The van der Waals surface area contributed by atoms with Gasteiger partial charge in [-0.3, -0.25) is 9.36 Å². The second kappa shape index (κ2) is 6.39. The molecular formula is C15H25N3O2. The summed E-state index contributed by atoms with van der Waals surface area (Å²) in [5.41, 5.74) is 0.191. The topological polar surface area (TPSA) is 56.0 Å². The molecule has 0 amide bonds. The van der Waals surface area contributed by atoms with Crippen molar-refractivity contribution in [3.05, 3.63) is 32.6 Å². The van der Waals surface area contributed by atoms with E-state index in [0.717, 1.165) is 5.92 Å². The van der Waals surface area contributed by atoms with Gasteiger partial charge in [0.15, 0.2) is 0 Å². The van der Waals surface area contributed by atoms with Crippen LogP contribution in [0.2, 0.25) is 0 Å². The van der Waals surface area contributed by atoms with E-state index in [9.17, 15) is 9.59 Å². The predicted octanol–water partition coefficient (Wildman–Crippen LogP) is 1.14. The normalized spacial score (nSPS) is 23.6. The molecule has 0 radical (unpaired) electrons. The zero-order valence-electron chi connectivity index (χ0n) is 12.7. The first-order chi connectivity index (χ1) is 9.49. The Balaban J connectivity index is 2.04. The molecular weight excluding hydrogens is 254 g/mol. The highest BCUT2D eigenvalue weighted by Gasteiger charge is 2.16. The Morgan fingerprint density at radius 1 is 1.20 bits per heavy atom. The van der Waals surface area contributed by atoms with E-state index in [1.807, 2.05) is 0 Å². The zero-order valence-corrected chi connectivity index (χ0v) is 12.7. The Labute approximate surface area is 119 Å². The number of aryl methyl sites for hydroxylation is 1. The number of nitrogens with zero attached hydrogens (tertiary/aromatic N) is 2. The first-order valence-electron chi connectivity index (χ1n) is 7.48. The maximum atomic E-state index is 12.0. The van der Waals surface area contributed by atoms with Crippen LogP contribution in [0.15, 0.2) is 15.8 Å². The number of aromatic nitrogens is 2. The Kier molecular flexibility index (Phi) is 4.81.